The Bertz CT molecular complexity index is 707. The minimum Gasteiger partial charge on any atom is -0.379 e. The molecule has 0 bridgehead atoms. The summed E-state index contributed by atoms with van der Waals surface area (Å²) in [5.41, 5.74) is 2.60. The first-order valence-corrected chi connectivity index (χ1v) is 10.7. The first-order valence-electron chi connectivity index (χ1n) is 10.7. The van der Waals surface area contributed by atoms with Crippen molar-refractivity contribution in [2.45, 2.75) is 32.9 Å². The normalized spacial score (nSPS) is 18.4. The van der Waals surface area contributed by atoms with Gasteiger partial charge in [-0.15, -0.1) is 24.0 Å². The number of nitrogens with zero attached hydrogens (tertiary/aromatic N) is 3. The molecule has 168 valence electrons. The van der Waals surface area contributed by atoms with Gasteiger partial charge in [-0.3, -0.25) is 14.7 Å². The zero-order chi connectivity index (χ0) is 20.6. The maximum atomic E-state index is 12.7. The number of nitrogens with one attached hydrogen (secondary N) is 2. The Balaban J connectivity index is 0.00000320. The van der Waals surface area contributed by atoms with Gasteiger partial charge in [0.25, 0.3) is 0 Å². The highest BCUT2D eigenvalue weighted by atomic mass is 127. The lowest BCUT2D eigenvalue weighted by atomic mass is 10.00. The van der Waals surface area contributed by atoms with Gasteiger partial charge in [-0.05, 0) is 23.5 Å². The fourth-order valence-electron chi connectivity index (χ4n) is 4.10. The fourth-order valence-corrected chi connectivity index (χ4v) is 4.10. The fraction of sp³-hybridized carbons (Fsp3) is 0.636. The molecule has 2 aliphatic heterocycles. The second kappa shape index (κ2) is 12.5. The topological polar surface area (TPSA) is 69.2 Å². The molecule has 0 spiro atoms. The highest BCUT2D eigenvalue weighted by molar-refractivity contribution is 14.0. The molecule has 1 saturated heterocycles. The molecule has 1 atom stereocenters. The van der Waals surface area contributed by atoms with Crippen LogP contribution in [-0.2, 0) is 22.5 Å². The Labute approximate surface area is 197 Å². The Kier molecular flexibility index (Phi) is 10.3. The van der Waals surface area contributed by atoms with Gasteiger partial charge in [-0.2, -0.15) is 0 Å². The Morgan fingerprint density at radius 3 is 2.50 bits per heavy atom. The Hall–Kier alpha value is -1.39. The number of halogens is 1. The maximum Gasteiger partial charge on any atom is 0.242 e. The predicted molar refractivity (Wildman–Crippen MR) is 131 cm³/mol. The molecule has 1 unspecified atom stereocenters. The molecule has 3 rings (SSSR count). The van der Waals surface area contributed by atoms with Crippen molar-refractivity contribution in [2.75, 3.05) is 53.0 Å². The lowest BCUT2D eigenvalue weighted by Gasteiger charge is -2.37. The number of amides is 1. The van der Waals surface area contributed by atoms with E-state index in [0.29, 0.717) is 24.5 Å². The van der Waals surface area contributed by atoms with E-state index in [4.69, 9.17) is 4.74 Å². The second-order valence-corrected chi connectivity index (χ2v) is 8.10. The van der Waals surface area contributed by atoms with Crippen LogP contribution in [0.1, 0.15) is 25.0 Å². The molecule has 8 heteroatoms. The van der Waals surface area contributed by atoms with E-state index in [1.165, 1.54) is 11.1 Å². The number of ether oxygens (including phenoxy) is 1. The summed E-state index contributed by atoms with van der Waals surface area (Å²) in [4.78, 5) is 21.4. The van der Waals surface area contributed by atoms with Gasteiger partial charge >= 0.3 is 0 Å². The SMILES string of the molecule is CN=C(NCC(=O)N1CCc2ccccc2C1)NCC(C(C)C)N1CCOCC1.I. The summed E-state index contributed by atoms with van der Waals surface area (Å²) in [6.07, 6.45) is 0.921. The number of guanidine groups is 1. The van der Waals surface area contributed by atoms with E-state index in [1.807, 2.05) is 11.0 Å². The number of carbonyl (C=O) groups excluding carboxylic acids is 1. The number of fused-ring (bicyclic) bond motifs is 1. The number of carbonyl (C=O) groups is 1. The summed E-state index contributed by atoms with van der Waals surface area (Å²) in [6.45, 7) is 10.5. The molecule has 30 heavy (non-hydrogen) atoms. The zero-order valence-corrected chi connectivity index (χ0v) is 20.7. The van der Waals surface area contributed by atoms with Crippen LogP contribution in [0, 0.1) is 5.92 Å². The van der Waals surface area contributed by atoms with Gasteiger partial charge in [0.1, 0.15) is 0 Å². The van der Waals surface area contributed by atoms with Crippen LogP contribution in [0.2, 0.25) is 0 Å². The monoisotopic (exact) mass is 529 g/mol. The summed E-state index contributed by atoms with van der Waals surface area (Å²) in [7, 11) is 1.75. The minimum absolute atomic E-state index is 0. The lowest BCUT2D eigenvalue weighted by Crippen LogP contribution is -2.53. The summed E-state index contributed by atoms with van der Waals surface area (Å²) in [6, 6.07) is 8.78. The van der Waals surface area contributed by atoms with Crippen LogP contribution in [0.3, 0.4) is 0 Å². The average molecular weight is 529 g/mol. The summed E-state index contributed by atoms with van der Waals surface area (Å²) >= 11 is 0. The van der Waals surface area contributed by atoms with Crippen LogP contribution in [-0.4, -0.2) is 80.7 Å². The quantitative estimate of drug-likeness (QED) is 0.334. The molecular formula is C22H36IN5O2. The number of benzene rings is 1. The first kappa shape index (κ1) is 24.9. The molecule has 2 heterocycles. The third kappa shape index (κ3) is 6.81. The number of hydrogen-bond acceptors (Lipinski definition) is 4. The van der Waals surface area contributed by atoms with Crippen LogP contribution in [0.25, 0.3) is 0 Å². The van der Waals surface area contributed by atoms with Crippen molar-refractivity contribution in [1.82, 2.24) is 20.4 Å². The molecule has 1 fully saturated rings. The lowest BCUT2D eigenvalue weighted by molar-refractivity contribution is -0.130. The standard InChI is InChI=1S/C22H35N5O2.HI/c1-17(2)20(26-10-12-29-13-11-26)14-24-22(23-3)25-15-21(28)27-9-8-18-6-4-5-7-19(18)16-27;/h4-7,17,20H,8-16H2,1-3H3,(H2,23,24,25);1H. The van der Waals surface area contributed by atoms with Crippen molar-refractivity contribution in [3.63, 3.8) is 0 Å². The number of rotatable bonds is 6. The predicted octanol–water partition coefficient (Wildman–Crippen LogP) is 1.71. The first-order chi connectivity index (χ1) is 14.1. The average Bonchev–Trinajstić information content (AvgIpc) is 2.76. The van der Waals surface area contributed by atoms with Crippen molar-refractivity contribution in [3.05, 3.63) is 35.4 Å². The Morgan fingerprint density at radius 2 is 1.83 bits per heavy atom. The molecule has 0 radical (unpaired) electrons. The third-order valence-electron chi connectivity index (χ3n) is 5.88. The van der Waals surface area contributed by atoms with E-state index in [9.17, 15) is 4.79 Å². The largest absolute Gasteiger partial charge is 0.379 e. The van der Waals surface area contributed by atoms with Crippen LogP contribution in [0.15, 0.2) is 29.3 Å². The van der Waals surface area contributed by atoms with Crippen molar-refractivity contribution in [2.24, 2.45) is 10.9 Å². The van der Waals surface area contributed by atoms with E-state index in [-0.39, 0.29) is 36.4 Å². The van der Waals surface area contributed by atoms with E-state index in [1.54, 1.807) is 7.05 Å². The van der Waals surface area contributed by atoms with Crippen LogP contribution in [0.5, 0.6) is 0 Å². The molecule has 2 N–H and O–H groups in total. The van der Waals surface area contributed by atoms with Gasteiger partial charge in [0, 0.05) is 45.8 Å². The highest BCUT2D eigenvalue weighted by Gasteiger charge is 2.24. The van der Waals surface area contributed by atoms with Crippen LogP contribution in [0.4, 0.5) is 0 Å². The maximum absolute atomic E-state index is 12.7. The molecule has 0 saturated carbocycles. The van der Waals surface area contributed by atoms with Crippen molar-refractivity contribution < 1.29 is 9.53 Å². The molecular weight excluding hydrogens is 493 g/mol. The van der Waals surface area contributed by atoms with Gasteiger partial charge < -0.3 is 20.3 Å². The molecule has 1 aromatic carbocycles. The van der Waals surface area contributed by atoms with E-state index >= 15 is 0 Å². The molecule has 7 nitrogen and oxygen atoms in total. The summed E-state index contributed by atoms with van der Waals surface area (Å²) < 4.78 is 5.48. The van der Waals surface area contributed by atoms with Crippen molar-refractivity contribution in [3.8, 4) is 0 Å². The van der Waals surface area contributed by atoms with E-state index in [2.05, 4.69) is 52.6 Å². The number of aliphatic imine (C=N–C) groups is 1. The van der Waals surface area contributed by atoms with Gasteiger partial charge in [-0.25, -0.2) is 0 Å². The van der Waals surface area contributed by atoms with Crippen molar-refractivity contribution >= 4 is 35.8 Å². The van der Waals surface area contributed by atoms with Crippen LogP contribution < -0.4 is 10.6 Å². The molecule has 0 aliphatic carbocycles. The van der Waals surface area contributed by atoms with E-state index in [0.717, 1.165) is 45.8 Å². The number of morpholine rings is 1. The second-order valence-electron chi connectivity index (χ2n) is 8.10. The Morgan fingerprint density at radius 1 is 1.13 bits per heavy atom. The molecule has 1 amide bonds. The molecule has 0 aromatic heterocycles. The molecule has 1 aromatic rings. The van der Waals surface area contributed by atoms with Crippen molar-refractivity contribution in [1.29, 1.82) is 0 Å². The van der Waals surface area contributed by atoms with Crippen LogP contribution >= 0.6 is 24.0 Å². The summed E-state index contributed by atoms with van der Waals surface area (Å²) in [5, 5.41) is 6.60. The smallest absolute Gasteiger partial charge is 0.242 e. The highest BCUT2D eigenvalue weighted by Crippen LogP contribution is 2.18. The van der Waals surface area contributed by atoms with Gasteiger partial charge in [0.05, 0.1) is 19.8 Å². The van der Waals surface area contributed by atoms with Gasteiger partial charge in [0.15, 0.2) is 5.96 Å². The van der Waals surface area contributed by atoms with Gasteiger partial charge in [-0.1, -0.05) is 38.1 Å². The van der Waals surface area contributed by atoms with Gasteiger partial charge in [0.2, 0.25) is 5.91 Å². The van der Waals surface area contributed by atoms with E-state index < -0.39 is 0 Å². The minimum atomic E-state index is 0. The molecule has 2 aliphatic rings. The number of hydrogen-bond donors (Lipinski definition) is 2. The zero-order valence-electron chi connectivity index (χ0n) is 18.4. The third-order valence-corrected chi connectivity index (χ3v) is 5.88. The summed E-state index contributed by atoms with van der Waals surface area (Å²) in [5.74, 6) is 1.31.